The number of ketones is 1. The number of fused-ring (bicyclic) bond motifs is 6. The van der Waals surface area contributed by atoms with Crippen molar-refractivity contribution in [1.29, 1.82) is 0 Å². The number of halogens is 1. The summed E-state index contributed by atoms with van der Waals surface area (Å²) in [5.41, 5.74) is 3.22. The minimum atomic E-state index is -1.53. The van der Waals surface area contributed by atoms with Crippen LogP contribution in [0.15, 0.2) is 36.0 Å². The monoisotopic (exact) mass is 664 g/mol. The van der Waals surface area contributed by atoms with Crippen molar-refractivity contribution >= 4 is 35.4 Å². The van der Waals surface area contributed by atoms with Gasteiger partial charge in [0.1, 0.15) is 0 Å². The molecule has 3 fully saturated rings. The van der Waals surface area contributed by atoms with Gasteiger partial charge in [0, 0.05) is 29.6 Å². The normalized spacial score (nSPS) is 35.5. The van der Waals surface area contributed by atoms with Gasteiger partial charge in [0.05, 0.1) is 24.5 Å². The van der Waals surface area contributed by atoms with Gasteiger partial charge in [0.15, 0.2) is 12.2 Å². The number of aryl methyl sites for hydroxylation is 1. The molecule has 0 amide bonds. The number of hydrogen-bond donors (Lipinski definition) is 1. The number of aromatic nitrogens is 2. The van der Waals surface area contributed by atoms with Crippen LogP contribution >= 0.6 is 11.6 Å². The van der Waals surface area contributed by atoms with Gasteiger partial charge in [-0.25, -0.2) is 0 Å². The van der Waals surface area contributed by atoms with Crippen LogP contribution in [-0.4, -0.2) is 56.3 Å². The molecule has 2 aromatic rings. The topological polar surface area (TPSA) is 108 Å². The first-order chi connectivity index (χ1) is 22.3. The highest BCUT2D eigenvalue weighted by atomic mass is 35.5. The SMILES string of the molecule is CCC(=O)OCC(=O)C1(OC(=O)CC)[C@H](C)C[C@H]2[C@H]3[C@H]([C@@H](O)C[C@@]21C)[C@@]1(C)Cc2cnn(Cc4ccc(CC)cc4)c2C=C1C[C@H]3Cl. The molecule has 1 heterocycles. The summed E-state index contributed by atoms with van der Waals surface area (Å²) in [5.74, 6) is -2.08. The molecule has 0 bridgehead atoms. The number of esters is 2. The van der Waals surface area contributed by atoms with E-state index in [1.54, 1.807) is 13.8 Å². The summed E-state index contributed by atoms with van der Waals surface area (Å²) in [4.78, 5) is 39.2. The van der Waals surface area contributed by atoms with E-state index in [9.17, 15) is 19.5 Å². The summed E-state index contributed by atoms with van der Waals surface area (Å²) in [5, 5.41) is 16.8. The fourth-order valence-electron chi connectivity index (χ4n) is 10.1. The Morgan fingerprint density at radius 1 is 1.06 bits per heavy atom. The largest absolute Gasteiger partial charge is 0.457 e. The third-order valence-electron chi connectivity index (χ3n) is 12.4. The molecule has 1 unspecified atom stereocenters. The standard InChI is InChI=1S/C38H49ClN2O6/c1-7-23-10-12-24(13-11-23)20-41-29-16-26-15-28(39)34-27-14-22(4)38(47-33(45)9-3,31(43)21-46-32(44)8-2)37(27,6)18-30(42)35(34)36(26,5)17-25(29)19-40-41/h10-13,16,19,22,27-28,30,34-35,42H,7-9,14-15,17-18,20-21H2,1-6H3/t22-,27+,28-,30+,34-,35+,36+,37+,38?/m1/s1. The average Bonchev–Trinajstić information content (AvgIpc) is 3.52. The summed E-state index contributed by atoms with van der Waals surface area (Å²) >= 11 is 7.40. The molecule has 0 spiro atoms. The lowest BCUT2D eigenvalue weighted by molar-refractivity contribution is -0.207. The number of Topliss-reactive ketones (excluding diaryl/α,β-unsaturated/α-hetero) is 1. The molecule has 1 aromatic heterocycles. The lowest BCUT2D eigenvalue weighted by Crippen LogP contribution is -2.66. The molecule has 1 N–H and O–H groups in total. The van der Waals surface area contributed by atoms with E-state index in [1.807, 2.05) is 20.0 Å². The molecule has 6 rings (SSSR count). The van der Waals surface area contributed by atoms with Gasteiger partial charge in [0.25, 0.3) is 0 Å². The molecule has 4 aliphatic carbocycles. The third kappa shape index (κ3) is 5.29. The number of carbonyl (C=O) groups excluding carboxylic acids is 3. The van der Waals surface area contributed by atoms with Crippen molar-refractivity contribution in [2.24, 2.45) is 34.5 Å². The van der Waals surface area contributed by atoms with E-state index in [4.69, 9.17) is 26.2 Å². The quantitative estimate of drug-likeness (QED) is 0.247. The van der Waals surface area contributed by atoms with Gasteiger partial charge >= 0.3 is 11.9 Å². The van der Waals surface area contributed by atoms with Gasteiger partial charge in [-0.05, 0) is 78.0 Å². The fraction of sp³-hybridized carbons (Fsp3) is 0.632. The van der Waals surface area contributed by atoms with E-state index in [2.05, 4.69) is 48.9 Å². The van der Waals surface area contributed by atoms with Gasteiger partial charge in [-0.2, -0.15) is 5.10 Å². The Morgan fingerprint density at radius 3 is 2.40 bits per heavy atom. The highest BCUT2D eigenvalue weighted by Crippen LogP contribution is 2.70. The van der Waals surface area contributed by atoms with Crippen LogP contribution in [0.2, 0.25) is 0 Å². The first kappa shape index (κ1) is 33.9. The van der Waals surface area contributed by atoms with E-state index in [1.165, 1.54) is 16.7 Å². The number of aliphatic hydroxyl groups is 1. The van der Waals surface area contributed by atoms with Gasteiger partial charge in [-0.1, -0.05) is 71.4 Å². The lowest BCUT2D eigenvalue weighted by atomic mass is 9.45. The minimum Gasteiger partial charge on any atom is -0.457 e. The van der Waals surface area contributed by atoms with Gasteiger partial charge in [0.2, 0.25) is 5.78 Å². The van der Waals surface area contributed by atoms with Crippen molar-refractivity contribution in [3.8, 4) is 0 Å². The predicted octanol–water partition coefficient (Wildman–Crippen LogP) is 6.32. The molecule has 47 heavy (non-hydrogen) atoms. The van der Waals surface area contributed by atoms with E-state index in [0.717, 1.165) is 24.1 Å². The summed E-state index contributed by atoms with van der Waals surface area (Å²) < 4.78 is 13.6. The van der Waals surface area contributed by atoms with Crippen molar-refractivity contribution in [3.63, 3.8) is 0 Å². The molecule has 9 heteroatoms. The molecule has 9 atom stereocenters. The summed E-state index contributed by atoms with van der Waals surface area (Å²) in [6.07, 6.45) is 6.99. The molecule has 0 aliphatic heterocycles. The van der Waals surface area contributed by atoms with E-state index >= 15 is 0 Å². The minimum absolute atomic E-state index is 0.0857. The van der Waals surface area contributed by atoms with E-state index < -0.39 is 41.4 Å². The zero-order valence-electron chi connectivity index (χ0n) is 28.6. The van der Waals surface area contributed by atoms with Crippen LogP contribution in [0, 0.1) is 34.5 Å². The molecule has 3 saturated carbocycles. The van der Waals surface area contributed by atoms with Crippen molar-refractivity contribution in [3.05, 3.63) is 58.4 Å². The summed E-state index contributed by atoms with van der Waals surface area (Å²) in [6.45, 7) is 11.9. The summed E-state index contributed by atoms with van der Waals surface area (Å²) in [6, 6.07) is 8.68. The van der Waals surface area contributed by atoms with Crippen molar-refractivity contribution in [2.45, 2.75) is 110 Å². The van der Waals surface area contributed by atoms with Crippen molar-refractivity contribution in [1.82, 2.24) is 9.78 Å². The van der Waals surface area contributed by atoms with Crippen molar-refractivity contribution in [2.75, 3.05) is 6.61 Å². The maximum Gasteiger partial charge on any atom is 0.306 e. The zero-order chi connectivity index (χ0) is 33.9. The van der Waals surface area contributed by atoms with Crippen LogP contribution in [0.5, 0.6) is 0 Å². The number of benzene rings is 1. The number of hydrogen-bond acceptors (Lipinski definition) is 7. The zero-order valence-corrected chi connectivity index (χ0v) is 29.3. The summed E-state index contributed by atoms with van der Waals surface area (Å²) in [7, 11) is 0. The lowest BCUT2D eigenvalue weighted by Gasteiger charge is -2.61. The molecule has 1 aromatic carbocycles. The molecule has 4 aliphatic rings. The molecule has 8 nitrogen and oxygen atoms in total. The van der Waals surface area contributed by atoms with Crippen molar-refractivity contribution < 1.29 is 29.0 Å². The Morgan fingerprint density at radius 2 is 1.74 bits per heavy atom. The maximum absolute atomic E-state index is 14.2. The molecular formula is C38H49ClN2O6. The van der Waals surface area contributed by atoms with E-state index in [-0.39, 0.29) is 53.7 Å². The van der Waals surface area contributed by atoms with E-state index in [0.29, 0.717) is 19.4 Å². The number of nitrogens with zero attached hydrogens (tertiary/aromatic N) is 2. The second-order valence-corrected chi connectivity index (χ2v) is 15.5. The predicted molar refractivity (Wildman–Crippen MR) is 180 cm³/mol. The van der Waals surface area contributed by atoms with Crippen LogP contribution in [0.4, 0.5) is 0 Å². The van der Waals surface area contributed by atoms with Crippen LogP contribution in [0.3, 0.4) is 0 Å². The van der Waals surface area contributed by atoms with Gasteiger partial charge < -0.3 is 14.6 Å². The maximum atomic E-state index is 14.2. The molecule has 0 radical (unpaired) electrons. The molecule has 254 valence electrons. The number of aliphatic hydroxyl groups excluding tert-OH is 1. The Kier molecular flexibility index (Phi) is 9.01. The number of ether oxygens (including phenoxy) is 2. The second kappa shape index (κ2) is 12.5. The first-order valence-corrected chi connectivity index (χ1v) is 17.8. The number of alkyl halides is 1. The smallest absolute Gasteiger partial charge is 0.306 e. The second-order valence-electron chi connectivity index (χ2n) is 14.9. The number of allylic oxidation sites excluding steroid dienone is 1. The Labute approximate surface area is 283 Å². The number of rotatable bonds is 9. The highest BCUT2D eigenvalue weighted by molar-refractivity contribution is 6.21. The fourth-order valence-corrected chi connectivity index (χ4v) is 10.6. The Hall–Kier alpha value is -2.97. The Balaban J connectivity index is 1.34. The van der Waals surface area contributed by atoms with Crippen LogP contribution < -0.4 is 0 Å². The molecule has 0 saturated heterocycles. The molecular weight excluding hydrogens is 616 g/mol. The first-order valence-electron chi connectivity index (χ1n) is 17.4. The Bertz CT molecular complexity index is 1580. The van der Waals surface area contributed by atoms with Gasteiger partial charge in [-0.15, -0.1) is 11.6 Å². The van der Waals surface area contributed by atoms with Gasteiger partial charge in [-0.3, -0.25) is 19.1 Å². The van der Waals surface area contributed by atoms with Crippen LogP contribution in [0.1, 0.15) is 96.0 Å². The number of carbonyl (C=O) groups is 3. The third-order valence-corrected chi connectivity index (χ3v) is 12.9. The highest BCUT2D eigenvalue weighted by Gasteiger charge is 2.74. The average molecular weight is 665 g/mol. The van der Waals surface area contributed by atoms with Crippen LogP contribution in [0.25, 0.3) is 6.08 Å². The van der Waals surface area contributed by atoms with Crippen LogP contribution in [-0.2, 0) is 43.2 Å².